The van der Waals surface area contributed by atoms with Crippen LogP contribution in [-0.4, -0.2) is 22.3 Å². The van der Waals surface area contributed by atoms with Crippen LogP contribution in [0.4, 0.5) is 0 Å². The van der Waals surface area contributed by atoms with Gasteiger partial charge in [-0.1, -0.05) is 32.4 Å². The Hall–Kier alpha value is -0.830. The van der Waals surface area contributed by atoms with Crippen molar-refractivity contribution in [2.24, 2.45) is 0 Å². The lowest BCUT2D eigenvalue weighted by molar-refractivity contribution is 0.245. The normalized spacial score (nSPS) is 15.9. The van der Waals surface area contributed by atoms with Gasteiger partial charge in [0.2, 0.25) is 0 Å². The van der Waals surface area contributed by atoms with Crippen LogP contribution in [0.2, 0.25) is 0 Å². The zero-order chi connectivity index (χ0) is 14.3. The van der Waals surface area contributed by atoms with Gasteiger partial charge in [0, 0.05) is 0 Å². The van der Waals surface area contributed by atoms with E-state index in [-0.39, 0.29) is 5.75 Å². The lowest BCUT2D eigenvalue weighted by Crippen LogP contribution is -2.13. The highest BCUT2D eigenvalue weighted by molar-refractivity contribution is 7.53. The minimum atomic E-state index is -3.57. The van der Waals surface area contributed by atoms with Gasteiger partial charge in [-0.2, -0.15) is 0 Å². The Morgan fingerprint density at radius 2 is 1.89 bits per heavy atom. The number of phenolic OH excluding ortho intramolecular Hbond substituents is 1. The van der Waals surface area contributed by atoms with Crippen molar-refractivity contribution < 1.29 is 19.1 Å². The van der Waals surface area contributed by atoms with Crippen molar-refractivity contribution in [3.8, 4) is 5.75 Å². The molecule has 2 N–H and O–H groups in total. The molecule has 108 valence electrons. The summed E-state index contributed by atoms with van der Waals surface area (Å²) >= 11 is 0. The first-order chi connectivity index (χ1) is 8.99. The largest absolute Gasteiger partial charge is 0.508 e. The molecule has 0 spiro atoms. The summed E-state index contributed by atoms with van der Waals surface area (Å²) < 4.78 is 17.4. The highest BCUT2D eigenvalue weighted by Gasteiger charge is 2.30. The van der Waals surface area contributed by atoms with Crippen molar-refractivity contribution in [3.05, 3.63) is 29.8 Å². The number of aromatic hydroxyl groups is 1. The van der Waals surface area contributed by atoms with Gasteiger partial charge in [-0.15, -0.1) is 0 Å². The molecule has 1 aromatic carbocycles. The Balaban J connectivity index is 2.65. The van der Waals surface area contributed by atoms with E-state index < -0.39 is 13.3 Å². The summed E-state index contributed by atoms with van der Waals surface area (Å²) in [5, 5.41) is 9.22. The molecule has 5 heteroatoms. The standard InChI is InChI=1S/C14H23O4P/c1-3-5-10-18-19(16,17)14(4-2)11-12-6-8-13(15)9-7-12/h6-9,14-15H,3-5,10-11H2,1-2H3,(H,16,17). The molecule has 19 heavy (non-hydrogen) atoms. The molecule has 0 saturated carbocycles. The van der Waals surface area contributed by atoms with Crippen molar-refractivity contribution in [2.45, 2.75) is 45.2 Å². The van der Waals surface area contributed by atoms with Gasteiger partial charge in [-0.25, -0.2) is 0 Å². The van der Waals surface area contributed by atoms with Crippen molar-refractivity contribution in [1.29, 1.82) is 0 Å². The second-order valence-electron chi connectivity index (χ2n) is 4.68. The Morgan fingerprint density at radius 1 is 1.26 bits per heavy atom. The molecule has 0 saturated heterocycles. The average molecular weight is 286 g/mol. The molecule has 0 radical (unpaired) electrons. The van der Waals surface area contributed by atoms with Gasteiger partial charge in [-0.3, -0.25) is 4.57 Å². The molecule has 0 aliphatic carbocycles. The number of hydrogen-bond acceptors (Lipinski definition) is 3. The third-order valence-corrected chi connectivity index (χ3v) is 5.14. The van der Waals surface area contributed by atoms with Crippen LogP contribution in [0.1, 0.15) is 38.7 Å². The van der Waals surface area contributed by atoms with Gasteiger partial charge in [0.25, 0.3) is 0 Å². The Morgan fingerprint density at radius 3 is 2.42 bits per heavy atom. The quantitative estimate of drug-likeness (QED) is 0.564. The predicted molar refractivity (Wildman–Crippen MR) is 76.6 cm³/mol. The van der Waals surface area contributed by atoms with Gasteiger partial charge < -0.3 is 14.5 Å². The minimum Gasteiger partial charge on any atom is -0.508 e. The lowest BCUT2D eigenvalue weighted by atomic mass is 10.1. The van der Waals surface area contributed by atoms with E-state index in [0.717, 1.165) is 18.4 Å². The van der Waals surface area contributed by atoms with Crippen LogP contribution in [0.5, 0.6) is 5.75 Å². The third kappa shape index (κ3) is 5.35. The highest BCUT2D eigenvalue weighted by atomic mass is 31.2. The molecule has 0 bridgehead atoms. The molecule has 0 aliphatic rings. The summed E-state index contributed by atoms with van der Waals surface area (Å²) in [5.74, 6) is 0.197. The number of rotatable bonds is 8. The molecule has 0 heterocycles. The summed E-state index contributed by atoms with van der Waals surface area (Å²) in [5.41, 5.74) is 0.534. The molecule has 0 aromatic heterocycles. The van der Waals surface area contributed by atoms with Gasteiger partial charge in [0.1, 0.15) is 5.75 Å². The second kappa shape index (κ2) is 7.68. The maximum atomic E-state index is 12.2. The fraction of sp³-hybridized carbons (Fsp3) is 0.571. The maximum Gasteiger partial charge on any atom is 0.331 e. The van der Waals surface area contributed by atoms with Crippen LogP contribution in [0.3, 0.4) is 0 Å². The minimum absolute atomic E-state index is 0.197. The van der Waals surface area contributed by atoms with E-state index in [1.807, 2.05) is 13.8 Å². The first-order valence-corrected chi connectivity index (χ1v) is 8.39. The lowest BCUT2D eigenvalue weighted by Gasteiger charge is -2.21. The van der Waals surface area contributed by atoms with Crippen LogP contribution < -0.4 is 0 Å². The summed E-state index contributed by atoms with van der Waals surface area (Å²) in [6, 6.07) is 6.71. The fourth-order valence-electron chi connectivity index (χ4n) is 1.84. The number of hydrogen-bond donors (Lipinski definition) is 2. The average Bonchev–Trinajstić information content (AvgIpc) is 2.38. The molecule has 1 rings (SSSR count). The van der Waals surface area contributed by atoms with Crippen molar-refractivity contribution in [3.63, 3.8) is 0 Å². The SMILES string of the molecule is CCCCOP(=O)(O)C(CC)Cc1ccc(O)cc1. The third-order valence-electron chi connectivity index (χ3n) is 3.11. The number of unbranched alkanes of at least 4 members (excludes halogenated alkanes) is 1. The zero-order valence-electron chi connectivity index (χ0n) is 11.6. The Kier molecular flexibility index (Phi) is 6.56. The van der Waals surface area contributed by atoms with Crippen LogP contribution in [-0.2, 0) is 15.5 Å². The van der Waals surface area contributed by atoms with Gasteiger partial charge in [0.05, 0.1) is 12.3 Å². The molecule has 1 aromatic rings. The second-order valence-corrected chi connectivity index (χ2v) is 6.80. The molecule has 0 fully saturated rings. The van der Waals surface area contributed by atoms with Gasteiger partial charge in [-0.05, 0) is 37.0 Å². The summed E-state index contributed by atoms with van der Waals surface area (Å²) in [6.45, 7) is 4.23. The van der Waals surface area contributed by atoms with E-state index in [1.54, 1.807) is 24.3 Å². The van der Waals surface area contributed by atoms with E-state index in [0.29, 0.717) is 19.4 Å². The van der Waals surface area contributed by atoms with Crippen molar-refractivity contribution >= 4 is 7.60 Å². The Bertz CT molecular complexity index is 416. The molecule has 4 nitrogen and oxygen atoms in total. The first kappa shape index (κ1) is 16.2. The van der Waals surface area contributed by atoms with Gasteiger partial charge in [0.15, 0.2) is 0 Å². The fourth-order valence-corrected chi connectivity index (χ4v) is 3.34. The molecule has 2 unspecified atom stereocenters. The zero-order valence-corrected chi connectivity index (χ0v) is 12.5. The smallest absolute Gasteiger partial charge is 0.331 e. The molecular weight excluding hydrogens is 263 g/mol. The molecule has 0 aliphatic heterocycles. The summed E-state index contributed by atoms with van der Waals surface area (Å²) in [7, 11) is -3.57. The van der Waals surface area contributed by atoms with E-state index in [4.69, 9.17) is 4.52 Å². The van der Waals surface area contributed by atoms with E-state index in [9.17, 15) is 14.6 Å². The molecular formula is C14H23O4P. The van der Waals surface area contributed by atoms with Gasteiger partial charge >= 0.3 is 7.60 Å². The van der Waals surface area contributed by atoms with Crippen molar-refractivity contribution in [2.75, 3.05) is 6.61 Å². The van der Waals surface area contributed by atoms with Crippen LogP contribution >= 0.6 is 7.60 Å². The summed E-state index contributed by atoms with van der Waals surface area (Å²) in [4.78, 5) is 10.0. The van der Waals surface area contributed by atoms with E-state index >= 15 is 0 Å². The monoisotopic (exact) mass is 286 g/mol. The van der Waals surface area contributed by atoms with Crippen molar-refractivity contribution in [1.82, 2.24) is 0 Å². The van der Waals surface area contributed by atoms with Crippen LogP contribution in [0.25, 0.3) is 0 Å². The number of benzene rings is 1. The predicted octanol–water partition coefficient (Wildman–Crippen LogP) is 3.72. The van der Waals surface area contributed by atoms with Crippen LogP contribution in [0, 0.1) is 0 Å². The summed E-state index contributed by atoms with van der Waals surface area (Å²) in [6.07, 6.45) is 2.80. The van der Waals surface area contributed by atoms with E-state index in [1.165, 1.54) is 0 Å². The topological polar surface area (TPSA) is 66.8 Å². The molecule has 2 atom stereocenters. The highest BCUT2D eigenvalue weighted by Crippen LogP contribution is 2.50. The number of phenols is 1. The van der Waals surface area contributed by atoms with Crippen LogP contribution in [0.15, 0.2) is 24.3 Å². The first-order valence-electron chi connectivity index (χ1n) is 6.74. The van der Waals surface area contributed by atoms with E-state index in [2.05, 4.69) is 0 Å². The Labute approximate surface area is 115 Å². The molecule has 0 amide bonds. The maximum absolute atomic E-state index is 12.2.